The first-order chi connectivity index (χ1) is 17.8. The molecule has 0 unspecified atom stereocenters. The quantitative estimate of drug-likeness (QED) is 0.334. The van der Waals surface area contributed by atoms with Crippen molar-refractivity contribution in [1.82, 2.24) is 19.3 Å². The maximum atomic E-state index is 14.0. The molecule has 2 aromatic heterocycles. The Labute approximate surface area is 213 Å². The van der Waals surface area contributed by atoms with Crippen molar-refractivity contribution >= 4 is 28.4 Å². The molecule has 5 aromatic rings. The summed E-state index contributed by atoms with van der Waals surface area (Å²) in [4.78, 5) is 46.2. The number of hydrogen-bond acceptors (Lipinski definition) is 5. The summed E-state index contributed by atoms with van der Waals surface area (Å²) >= 11 is 0. The van der Waals surface area contributed by atoms with Gasteiger partial charge in [0.15, 0.2) is 5.78 Å². The van der Waals surface area contributed by atoms with Crippen LogP contribution < -0.4 is 10.5 Å². The first kappa shape index (κ1) is 23.9. The van der Waals surface area contributed by atoms with E-state index in [4.69, 9.17) is 0 Å². The fourth-order valence-corrected chi connectivity index (χ4v) is 4.64. The van der Waals surface area contributed by atoms with Gasteiger partial charge >= 0.3 is 0 Å². The van der Waals surface area contributed by atoms with Crippen LogP contribution in [-0.4, -0.2) is 38.1 Å². The number of benzene rings is 3. The zero-order valence-corrected chi connectivity index (χ0v) is 21.0. The summed E-state index contributed by atoms with van der Waals surface area (Å²) in [5.74, 6) is 0.223. The van der Waals surface area contributed by atoms with E-state index in [1.165, 1.54) is 16.4 Å². The van der Waals surface area contributed by atoms with Gasteiger partial charge < -0.3 is 0 Å². The lowest BCUT2D eigenvalue weighted by molar-refractivity contribution is 0.0991. The summed E-state index contributed by atoms with van der Waals surface area (Å²) < 4.78 is 3.05. The molecule has 0 atom stereocenters. The normalized spacial score (nSPS) is 11.0. The second-order valence-electron chi connectivity index (χ2n) is 8.79. The number of anilines is 1. The number of hydrogen-bond donors (Lipinski definition) is 0. The third-order valence-corrected chi connectivity index (χ3v) is 6.33. The molecule has 0 aliphatic rings. The molecule has 0 bridgehead atoms. The lowest BCUT2D eigenvalue weighted by Crippen LogP contribution is -2.32. The number of ketones is 1. The third-order valence-electron chi connectivity index (χ3n) is 6.33. The van der Waals surface area contributed by atoms with E-state index >= 15 is 0 Å². The maximum Gasteiger partial charge on any atom is 0.265 e. The Bertz CT molecular complexity index is 1730. The van der Waals surface area contributed by atoms with Gasteiger partial charge in [-0.2, -0.15) is 5.10 Å². The molecular weight excluding hydrogens is 466 g/mol. The zero-order valence-electron chi connectivity index (χ0n) is 21.0. The Morgan fingerprint density at radius 3 is 2.24 bits per heavy atom. The molecule has 5 rings (SSSR count). The van der Waals surface area contributed by atoms with E-state index in [1.54, 1.807) is 68.0 Å². The van der Waals surface area contributed by atoms with E-state index in [0.717, 1.165) is 0 Å². The van der Waals surface area contributed by atoms with Gasteiger partial charge in [0.05, 0.1) is 39.1 Å². The SMILES string of the molecule is CC(=O)c1c(C)nn(-c2ccccc2)c1N(C)C(=O)c1ccccc1-n1c(C)nc2ccccc2c1=O. The Balaban J connectivity index is 1.69. The smallest absolute Gasteiger partial charge is 0.265 e. The molecule has 0 spiro atoms. The van der Waals surface area contributed by atoms with Crippen LogP contribution in [0.15, 0.2) is 83.7 Å². The monoisotopic (exact) mass is 491 g/mol. The molecular formula is C29H25N5O3. The molecule has 0 radical (unpaired) electrons. The van der Waals surface area contributed by atoms with E-state index in [-0.39, 0.29) is 11.3 Å². The van der Waals surface area contributed by atoms with Gasteiger partial charge in [-0.15, -0.1) is 0 Å². The molecule has 37 heavy (non-hydrogen) atoms. The Morgan fingerprint density at radius 2 is 1.51 bits per heavy atom. The lowest BCUT2D eigenvalue weighted by Gasteiger charge is -2.22. The first-order valence-corrected chi connectivity index (χ1v) is 11.8. The zero-order chi connectivity index (χ0) is 26.3. The van der Waals surface area contributed by atoms with Crippen molar-refractivity contribution in [2.24, 2.45) is 0 Å². The number of aryl methyl sites for hydroxylation is 2. The van der Waals surface area contributed by atoms with Crippen molar-refractivity contribution in [2.45, 2.75) is 20.8 Å². The number of nitrogens with zero attached hydrogens (tertiary/aromatic N) is 5. The van der Waals surface area contributed by atoms with E-state index < -0.39 is 5.91 Å². The van der Waals surface area contributed by atoms with Gasteiger partial charge in [0.1, 0.15) is 11.6 Å². The van der Waals surface area contributed by atoms with E-state index in [1.807, 2.05) is 36.4 Å². The molecule has 184 valence electrons. The van der Waals surface area contributed by atoms with Gasteiger partial charge in [-0.3, -0.25) is 23.9 Å². The Kier molecular flexibility index (Phi) is 6.01. The Morgan fingerprint density at radius 1 is 0.865 bits per heavy atom. The topological polar surface area (TPSA) is 90.1 Å². The number of amides is 1. The second kappa shape index (κ2) is 9.31. The minimum absolute atomic E-state index is 0.201. The van der Waals surface area contributed by atoms with Gasteiger partial charge in [0.2, 0.25) is 0 Å². The van der Waals surface area contributed by atoms with Crippen LogP contribution in [0, 0.1) is 13.8 Å². The minimum Gasteiger partial charge on any atom is -0.295 e. The molecule has 0 saturated carbocycles. The number of rotatable bonds is 5. The van der Waals surface area contributed by atoms with Crippen LogP contribution in [0.4, 0.5) is 5.82 Å². The highest BCUT2D eigenvalue weighted by Gasteiger charge is 2.28. The van der Waals surface area contributed by atoms with Crippen molar-refractivity contribution < 1.29 is 9.59 Å². The molecule has 0 N–H and O–H groups in total. The molecule has 0 aliphatic carbocycles. The summed E-state index contributed by atoms with van der Waals surface area (Å²) in [5.41, 5.74) is 2.62. The summed E-state index contributed by atoms with van der Waals surface area (Å²) in [6.45, 7) is 4.94. The van der Waals surface area contributed by atoms with Gasteiger partial charge in [0, 0.05) is 7.05 Å². The third kappa shape index (κ3) is 4.02. The van der Waals surface area contributed by atoms with Crippen molar-refractivity contribution in [3.8, 4) is 11.4 Å². The largest absolute Gasteiger partial charge is 0.295 e. The molecule has 3 aromatic carbocycles. The summed E-state index contributed by atoms with van der Waals surface area (Å²) in [7, 11) is 1.61. The maximum absolute atomic E-state index is 14.0. The number of Topliss-reactive ketones (excluding diaryl/α,β-unsaturated/α-hetero) is 1. The Hall–Kier alpha value is -4.85. The van der Waals surface area contributed by atoms with Crippen LogP contribution in [0.3, 0.4) is 0 Å². The number of carbonyl (C=O) groups is 2. The highest BCUT2D eigenvalue weighted by atomic mass is 16.2. The van der Waals surface area contributed by atoms with E-state index in [9.17, 15) is 14.4 Å². The molecule has 8 heteroatoms. The van der Waals surface area contributed by atoms with Crippen molar-refractivity contribution in [2.75, 3.05) is 11.9 Å². The highest BCUT2D eigenvalue weighted by molar-refractivity contribution is 6.11. The fourth-order valence-electron chi connectivity index (χ4n) is 4.64. The van der Waals surface area contributed by atoms with Gasteiger partial charge in [-0.05, 0) is 57.2 Å². The predicted octanol–water partition coefficient (Wildman–Crippen LogP) is 4.67. The molecule has 8 nitrogen and oxygen atoms in total. The van der Waals surface area contributed by atoms with E-state index in [0.29, 0.717) is 50.7 Å². The van der Waals surface area contributed by atoms with Crippen LogP contribution in [0.1, 0.15) is 39.2 Å². The van der Waals surface area contributed by atoms with Crippen LogP contribution >= 0.6 is 0 Å². The van der Waals surface area contributed by atoms with Crippen molar-refractivity contribution in [3.63, 3.8) is 0 Å². The molecule has 0 saturated heterocycles. The molecule has 0 aliphatic heterocycles. The van der Waals surface area contributed by atoms with Crippen LogP contribution in [0.25, 0.3) is 22.3 Å². The summed E-state index contributed by atoms with van der Waals surface area (Å²) in [6.07, 6.45) is 0. The van der Waals surface area contributed by atoms with Crippen molar-refractivity contribution in [1.29, 1.82) is 0 Å². The number of aromatic nitrogens is 4. The lowest BCUT2D eigenvalue weighted by atomic mass is 10.1. The number of carbonyl (C=O) groups excluding carboxylic acids is 2. The summed E-state index contributed by atoms with van der Waals surface area (Å²) in [5, 5.41) is 5.04. The minimum atomic E-state index is -0.394. The van der Waals surface area contributed by atoms with Crippen LogP contribution in [0.2, 0.25) is 0 Å². The molecule has 2 heterocycles. The standard InChI is InChI=1S/C29H25N5O3/c1-18-26(19(2)35)27(34(31-18)21-12-6-5-7-13-21)32(4)28(36)23-15-9-11-17-25(23)33-20(3)30-24-16-10-8-14-22(24)29(33)37/h5-17H,1-4H3. The molecule has 0 fully saturated rings. The van der Waals surface area contributed by atoms with E-state index in [2.05, 4.69) is 10.1 Å². The number of para-hydroxylation sites is 3. The molecule has 1 amide bonds. The van der Waals surface area contributed by atoms with Crippen molar-refractivity contribution in [3.05, 3.63) is 112 Å². The van der Waals surface area contributed by atoms with Gasteiger partial charge in [-0.25, -0.2) is 9.67 Å². The van der Waals surface area contributed by atoms with Gasteiger partial charge in [-0.1, -0.05) is 42.5 Å². The van der Waals surface area contributed by atoms with Gasteiger partial charge in [0.25, 0.3) is 11.5 Å². The highest BCUT2D eigenvalue weighted by Crippen LogP contribution is 2.29. The predicted molar refractivity (Wildman–Crippen MR) is 143 cm³/mol. The number of fused-ring (bicyclic) bond motifs is 1. The fraction of sp³-hybridized carbons (Fsp3) is 0.138. The summed E-state index contributed by atoms with van der Waals surface area (Å²) in [6, 6.07) is 23.3. The van der Waals surface area contributed by atoms with Crippen LogP contribution in [-0.2, 0) is 0 Å². The average molecular weight is 492 g/mol. The average Bonchev–Trinajstić information content (AvgIpc) is 3.26. The van der Waals surface area contributed by atoms with Crippen LogP contribution in [0.5, 0.6) is 0 Å². The first-order valence-electron chi connectivity index (χ1n) is 11.8. The second-order valence-corrected chi connectivity index (χ2v) is 8.79.